The van der Waals surface area contributed by atoms with Gasteiger partial charge in [0.15, 0.2) is 0 Å². The Morgan fingerprint density at radius 3 is 2.84 bits per heavy atom. The predicted octanol–water partition coefficient (Wildman–Crippen LogP) is 2.90. The number of hydrogen-bond donors (Lipinski definition) is 1. The summed E-state index contributed by atoms with van der Waals surface area (Å²) < 4.78 is 5.25. The molecule has 8 nitrogen and oxygen atoms in total. The molecule has 0 fully saturated rings. The highest BCUT2D eigenvalue weighted by atomic mass is 32.1. The van der Waals surface area contributed by atoms with Gasteiger partial charge in [0.25, 0.3) is 17.4 Å². The van der Waals surface area contributed by atoms with Crippen LogP contribution in [0.3, 0.4) is 0 Å². The van der Waals surface area contributed by atoms with Gasteiger partial charge in [-0.3, -0.25) is 24.1 Å². The number of nitrogens with zero attached hydrogens (tertiary/aromatic N) is 2. The topological polar surface area (TPSA) is 109 Å². The second-order valence-electron chi connectivity index (χ2n) is 8.13. The number of imide groups is 1. The van der Waals surface area contributed by atoms with Gasteiger partial charge in [-0.1, -0.05) is 11.6 Å². The van der Waals surface area contributed by atoms with Crippen LogP contribution in [0.25, 0.3) is 10.2 Å². The van der Waals surface area contributed by atoms with E-state index in [1.165, 1.54) is 21.1 Å². The zero-order valence-corrected chi connectivity index (χ0v) is 18.3. The fourth-order valence-electron chi connectivity index (χ4n) is 4.33. The molecule has 2 amide bonds. The van der Waals surface area contributed by atoms with Crippen LogP contribution in [-0.2, 0) is 29.0 Å². The summed E-state index contributed by atoms with van der Waals surface area (Å²) in [5, 5.41) is 0.661. The van der Waals surface area contributed by atoms with Crippen molar-refractivity contribution in [3.8, 4) is 0 Å². The normalized spacial score (nSPS) is 14.8. The molecule has 5 rings (SSSR count). The van der Waals surface area contributed by atoms with E-state index in [-0.39, 0.29) is 36.9 Å². The Labute approximate surface area is 187 Å². The van der Waals surface area contributed by atoms with Crippen molar-refractivity contribution < 1.29 is 19.1 Å². The van der Waals surface area contributed by atoms with Gasteiger partial charge in [0.05, 0.1) is 16.5 Å². The maximum absolute atomic E-state index is 12.5. The molecule has 0 spiro atoms. The number of benzene rings is 1. The summed E-state index contributed by atoms with van der Waals surface area (Å²) >= 11 is 1.53. The minimum atomic E-state index is -0.478. The van der Waals surface area contributed by atoms with Gasteiger partial charge in [-0.25, -0.2) is 4.98 Å². The van der Waals surface area contributed by atoms with Gasteiger partial charge < -0.3 is 9.72 Å². The number of nitrogens with one attached hydrogen (secondary N) is 1. The van der Waals surface area contributed by atoms with Crippen LogP contribution in [0.2, 0.25) is 0 Å². The van der Waals surface area contributed by atoms with Gasteiger partial charge in [-0.15, -0.1) is 11.3 Å². The van der Waals surface area contributed by atoms with E-state index in [0.717, 1.165) is 30.4 Å². The van der Waals surface area contributed by atoms with Gasteiger partial charge in [0.1, 0.15) is 17.3 Å². The average Bonchev–Trinajstić information content (AvgIpc) is 3.40. The summed E-state index contributed by atoms with van der Waals surface area (Å²) in [4.78, 5) is 59.8. The standard InChI is InChI=1S/C23H21N3O5S/c1-12-7-8-13-15(10-12)23(30)26(22(13)29)9-3-6-18(27)31-11-17-24-20(28)19-14-4-2-5-16(14)32-21(19)25-17/h7-8,10H,2-6,9,11H2,1H3,(H,24,25,28). The Kier molecular flexibility index (Phi) is 5.13. The Hall–Kier alpha value is -3.33. The smallest absolute Gasteiger partial charge is 0.306 e. The van der Waals surface area contributed by atoms with E-state index in [4.69, 9.17) is 4.74 Å². The molecule has 0 saturated heterocycles. The van der Waals surface area contributed by atoms with Crippen LogP contribution in [0.4, 0.5) is 0 Å². The van der Waals surface area contributed by atoms with Gasteiger partial charge in [0, 0.05) is 17.8 Å². The minimum absolute atomic E-state index is 0.0478. The number of amides is 2. The number of ether oxygens (including phenoxy) is 1. The Bertz CT molecular complexity index is 1340. The third-order valence-electron chi connectivity index (χ3n) is 5.88. The largest absolute Gasteiger partial charge is 0.458 e. The number of carbonyl (C=O) groups excluding carboxylic acids is 3. The summed E-state index contributed by atoms with van der Waals surface area (Å²) in [6.07, 6.45) is 3.29. The quantitative estimate of drug-likeness (QED) is 0.456. The number of fused-ring (bicyclic) bond motifs is 4. The first kappa shape index (κ1) is 20.6. The molecular formula is C23H21N3O5S. The van der Waals surface area contributed by atoms with Gasteiger partial charge in [0.2, 0.25) is 0 Å². The van der Waals surface area contributed by atoms with Gasteiger partial charge in [-0.2, -0.15) is 0 Å². The predicted molar refractivity (Wildman–Crippen MR) is 118 cm³/mol. The summed E-state index contributed by atoms with van der Waals surface area (Å²) in [7, 11) is 0. The van der Waals surface area contributed by atoms with Crippen LogP contribution in [0.5, 0.6) is 0 Å². The highest BCUT2D eigenvalue weighted by Crippen LogP contribution is 2.34. The van der Waals surface area contributed by atoms with Crippen molar-refractivity contribution in [3.05, 3.63) is 61.5 Å². The minimum Gasteiger partial charge on any atom is -0.458 e. The van der Waals surface area contributed by atoms with E-state index in [1.807, 2.05) is 6.92 Å². The molecule has 0 unspecified atom stereocenters. The maximum Gasteiger partial charge on any atom is 0.306 e. The van der Waals surface area contributed by atoms with E-state index in [1.54, 1.807) is 18.2 Å². The average molecular weight is 452 g/mol. The van der Waals surface area contributed by atoms with Crippen LogP contribution in [-0.4, -0.2) is 39.2 Å². The summed E-state index contributed by atoms with van der Waals surface area (Å²) in [6, 6.07) is 5.16. The van der Waals surface area contributed by atoms with Crippen LogP contribution >= 0.6 is 11.3 Å². The zero-order chi connectivity index (χ0) is 22.4. The number of aryl methyl sites for hydroxylation is 3. The third-order valence-corrected chi connectivity index (χ3v) is 7.07. The molecule has 9 heteroatoms. The van der Waals surface area contributed by atoms with Crippen molar-refractivity contribution in [2.24, 2.45) is 0 Å². The summed E-state index contributed by atoms with van der Waals surface area (Å²) in [5.74, 6) is -0.836. The van der Waals surface area contributed by atoms with Crippen LogP contribution in [0.15, 0.2) is 23.0 Å². The lowest BCUT2D eigenvalue weighted by Gasteiger charge is -2.13. The van der Waals surface area contributed by atoms with Crippen LogP contribution < -0.4 is 5.56 Å². The molecule has 1 aromatic carbocycles. The number of H-pyrrole nitrogens is 1. The van der Waals surface area contributed by atoms with Gasteiger partial charge >= 0.3 is 5.97 Å². The highest BCUT2D eigenvalue weighted by Gasteiger charge is 2.35. The lowest BCUT2D eigenvalue weighted by molar-refractivity contribution is -0.145. The molecule has 0 radical (unpaired) electrons. The van der Waals surface area contributed by atoms with Gasteiger partial charge in [-0.05, 0) is 50.3 Å². The number of thiophene rings is 1. The second-order valence-corrected chi connectivity index (χ2v) is 9.21. The first-order chi connectivity index (χ1) is 15.4. The van der Waals surface area contributed by atoms with Crippen molar-refractivity contribution in [1.82, 2.24) is 14.9 Å². The number of aromatic nitrogens is 2. The SMILES string of the molecule is Cc1ccc2c(c1)C(=O)N(CCCC(=O)OCc1nc3sc4c(c3c(=O)[nH]1)CCC4)C2=O. The molecule has 32 heavy (non-hydrogen) atoms. The third kappa shape index (κ3) is 3.52. The van der Waals surface area contributed by atoms with Crippen molar-refractivity contribution in [3.63, 3.8) is 0 Å². The number of rotatable bonds is 6. The van der Waals surface area contributed by atoms with E-state index < -0.39 is 5.97 Å². The fraction of sp³-hybridized carbons (Fsp3) is 0.348. The maximum atomic E-state index is 12.5. The van der Waals surface area contributed by atoms with Crippen LogP contribution in [0.1, 0.15) is 61.8 Å². The van der Waals surface area contributed by atoms with Crippen molar-refractivity contribution >= 4 is 39.3 Å². The molecular weight excluding hydrogens is 430 g/mol. The van der Waals surface area contributed by atoms with E-state index in [9.17, 15) is 19.2 Å². The molecule has 3 aromatic rings. The number of esters is 1. The van der Waals surface area contributed by atoms with Crippen molar-refractivity contribution in [2.75, 3.05) is 6.54 Å². The molecule has 1 aliphatic carbocycles. The van der Waals surface area contributed by atoms with Crippen molar-refractivity contribution in [2.45, 2.75) is 45.6 Å². The fourth-order valence-corrected chi connectivity index (χ4v) is 5.61. The number of aromatic amines is 1. The van der Waals surface area contributed by atoms with Crippen molar-refractivity contribution in [1.29, 1.82) is 0 Å². The Morgan fingerprint density at radius 2 is 2.00 bits per heavy atom. The molecule has 164 valence electrons. The Balaban J connectivity index is 1.16. The lowest BCUT2D eigenvalue weighted by Crippen LogP contribution is -2.31. The molecule has 0 atom stereocenters. The molecule has 2 aliphatic rings. The van der Waals surface area contributed by atoms with E-state index >= 15 is 0 Å². The Morgan fingerprint density at radius 1 is 1.19 bits per heavy atom. The molecule has 3 heterocycles. The molecule has 1 aliphatic heterocycles. The lowest BCUT2D eigenvalue weighted by atomic mass is 10.1. The number of carbonyl (C=O) groups is 3. The summed E-state index contributed by atoms with van der Waals surface area (Å²) in [6.45, 7) is 1.88. The number of hydrogen-bond acceptors (Lipinski definition) is 7. The second kappa shape index (κ2) is 7.98. The monoisotopic (exact) mass is 451 g/mol. The van der Waals surface area contributed by atoms with Crippen LogP contribution in [0, 0.1) is 6.92 Å². The zero-order valence-electron chi connectivity index (χ0n) is 17.5. The molecule has 2 aromatic heterocycles. The van der Waals surface area contributed by atoms with E-state index in [2.05, 4.69) is 9.97 Å². The highest BCUT2D eigenvalue weighted by molar-refractivity contribution is 7.18. The summed E-state index contributed by atoms with van der Waals surface area (Å²) in [5.41, 5.74) is 2.62. The molecule has 1 N–H and O–H groups in total. The first-order valence-electron chi connectivity index (χ1n) is 10.6. The first-order valence-corrected chi connectivity index (χ1v) is 11.4. The molecule has 0 bridgehead atoms. The molecule has 0 saturated carbocycles. The van der Waals surface area contributed by atoms with E-state index in [0.29, 0.717) is 33.6 Å².